The Morgan fingerprint density at radius 3 is 2.50 bits per heavy atom. The van der Waals surface area contributed by atoms with E-state index in [2.05, 4.69) is 5.32 Å². The Hall–Kier alpha value is -0.940. The van der Waals surface area contributed by atoms with Gasteiger partial charge in [-0.25, -0.2) is 0 Å². The minimum atomic E-state index is -4.59. The molecule has 0 aliphatic carbocycles. The first-order chi connectivity index (χ1) is 7.36. The van der Waals surface area contributed by atoms with Crippen molar-refractivity contribution in [3.8, 4) is 5.75 Å². The lowest BCUT2D eigenvalue weighted by molar-refractivity contribution is -0.138. The van der Waals surface area contributed by atoms with Gasteiger partial charge in [0.1, 0.15) is 5.75 Å². The lowest BCUT2D eigenvalue weighted by atomic mass is 10.1. The maximum absolute atomic E-state index is 12.5. The Bertz CT molecular complexity index is 379. The van der Waals surface area contributed by atoms with E-state index in [1.165, 1.54) is 6.07 Å². The van der Waals surface area contributed by atoms with E-state index in [0.717, 1.165) is 6.07 Å². The van der Waals surface area contributed by atoms with Gasteiger partial charge in [0.15, 0.2) is 0 Å². The molecular weight excluding hydrogens is 243 g/mol. The summed E-state index contributed by atoms with van der Waals surface area (Å²) in [6.07, 6.45) is -4.31. The molecule has 2 nitrogen and oxygen atoms in total. The molecule has 0 bridgehead atoms. The smallest absolute Gasteiger partial charge is 0.420 e. The van der Waals surface area contributed by atoms with Crippen LogP contribution in [0.25, 0.3) is 0 Å². The van der Waals surface area contributed by atoms with Gasteiger partial charge in [-0.05, 0) is 37.7 Å². The summed E-state index contributed by atoms with van der Waals surface area (Å²) in [6, 6.07) is 2.06. The Morgan fingerprint density at radius 1 is 1.38 bits per heavy atom. The molecule has 6 heteroatoms. The zero-order chi connectivity index (χ0) is 12.3. The highest BCUT2D eigenvalue weighted by atomic mass is 35.5. The molecule has 0 aliphatic rings. The molecule has 0 aromatic heterocycles. The summed E-state index contributed by atoms with van der Waals surface area (Å²) in [7, 11) is 1.67. The topological polar surface area (TPSA) is 32.3 Å². The zero-order valence-electron chi connectivity index (χ0n) is 8.53. The summed E-state index contributed by atoms with van der Waals surface area (Å²) in [5.74, 6) is -0.743. The maximum Gasteiger partial charge on any atom is 0.420 e. The fraction of sp³-hybridized carbons (Fsp3) is 0.400. The van der Waals surface area contributed by atoms with Gasteiger partial charge in [0.25, 0.3) is 0 Å². The summed E-state index contributed by atoms with van der Waals surface area (Å²) in [6.45, 7) is 0.463. The Balaban J connectivity index is 3.16. The number of phenols is 1. The molecule has 1 rings (SSSR count). The van der Waals surface area contributed by atoms with Gasteiger partial charge >= 0.3 is 6.18 Å². The normalized spacial score (nSPS) is 11.8. The number of rotatable bonds is 3. The lowest BCUT2D eigenvalue weighted by Crippen LogP contribution is -2.12. The Kier molecular flexibility index (Phi) is 4.04. The molecule has 2 N–H and O–H groups in total. The third-order valence-corrected chi connectivity index (χ3v) is 2.32. The number of hydrogen-bond donors (Lipinski definition) is 2. The second-order valence-corrected chi connectivity index (χ2v) is 3.75. The van der Waals surface area contributed by atoms with Crippen LogP contribution in [0.2, 0.25) is 5.02 Å². The second-order valence-electron chi connectivity index (χ2n) is 3.31. The van der Waals surface area contributed by atoms with Gasteiger partial charge in [-0.1, -0.05) is 11.6 Å². The fourth-order valence-corrected chi connectivity index (χ4v) is 1.56. The second kappa shape index (κ2) is 4.93. The molecular formula is C10H11ClF3NO. The van der Waals surface area contributed by atoms with E-state index >= 15 is 0 Å². The van der Waals surface area contributed by atoms with Gasteiger partial charge < -0.3 is 10.4 Å². The number of benzene rings is 1. The van der Waals surface area contributed by atoms with Crippen molar-refractivity contribution < 1.29 is 18.3 Å². The van der Waals surface area contributed by atoms with E-state index < -0.39 is 17.5 Å². The number of hydrogen-bond acceptors (Lipinski definition) is 2. The van der Waals surface area contributed by atoms with Crippen molar-refractivity contribution in [1.82, 2.24) is 5.32 Å². The molecule has 0 radical (unpaired) electrons. The van der Waals surface area contributed by atoms with Crippen LogP contribution >= 0.6 is 11.6 Å². The zero-order valence-corrected chi connectivity index (χ0v) is 9.28. The number of nitrogens with one attached hydrogen (secondary N) is 1. The van der Waals surface area contributed by atoms with E-state index in [1.807, 2.05) is 0 Å². The van der Waals surface area contributed by atoms with Crippen molar-refractivity contribution in [2.24, 2.45) is 0 Å². The molecule has 0 amide bonds. The van der Waals surface area contributed by atoms with Gasteiger partial charge in [0.05, 0.1) is 5.56 Å². The largest absolute Gasteiger partial charge is 0.507 e. The molecule has 0 saturated heterocycles. The minimum absolute atomic E-state index is 0.0313. The highest BCUT2D eigenvalue weighted by molar-refractivity contribution is 6.30. The predicted octanol–water partition coefficient (Wildman–Crippen LogP) is 2.83. The molecule has 0 saturated carbocycles. The molecule has 0 unspecified atom stereocenters. The summed E-state index contributed by atoms with van der Waals surface area (Å²) < 4.78 is 37.5. The van der Waals surface area contributed by atoms with Crippen LogP contribution in [0.3, 0.4) is 0 Å². The van der Waals surface area contributed by atoms with Crippen LogP contribution in [-0.2, 0) is 12.6 Å². The molecule has 0 aliphatic heterocycles. The highest BCUT2D eigenvalue weighted by Gasteiger charge is 2.35. The quantitative estimate of drug-likeness (QED) is 0.868. The van der Waals surface area contributed by atoms with Crippen LogP contribution in [0.1, 0.15) is 11.1 Å². The summed E-state index contributed by atoms with van der Waals surface area (Å²) in [4.78, 5) is 0. The SMILES string of the molecule is CNCCc1cc(Cl)cc(C(F)(F)F)c1O. The lowest BCUT2D eigenvalue weighted by Gasteiger charge is -2.13. The monoisotopic (exact) mass is 253 g/mol. The Labute approximate surface area is 96.0 Å². The fourth-order valence-electron chi connectivity index (χ4n) is 1.32. The maximum atomic E-state index is 12.5. The minimum Gasteiger partial charge on any atom is -0.507 e. The van der Waals surface area contributed by atoms with Crippen LogP contribution in [0.5, 0.6) is 5.75 Å². The van der Waals surface area contributed by atoms with Crippen molar-refractivity contribution >= 4 is 11.6 Å². The number of halogens is 4. The molecule has 0 fully saturated rings. The van der Waals surface area contributed by atoms with Crippen LogP contribution in [0.15, 0.2) is 12.1 Å². The van der Waals surface area contributed by atoms with Gasteiger partial charge in [-0.2, -0.15) is 13.2 Å². The van der Waals surface area contributed by atoms with Gasteiger partial charge in [-0.3, -0.25) is 0 Å². The third-order valence-electron chi connectivity index (χ3n) is 2.10. The third kappa shape index (κ3) is 3.02. The van der Waals surface area contributed by atoms with Gasteiger partial charge in [-0.15, -0.1) is 0 Å². The number of phenolic OH excluding ortho intramolecular Hbond substituents is 1. The summed E-state index contributed by atoms with van der Waals surface area (Å²) in [5, 5.41) is 12.2. The Morgan fingerprint density at radius 2 is 2.00 bits per heavy atom. The van der Waals surface area contributed by atoms with E-state index in [-0.39, 0.29) is 17.0 Å². The number of likely N-dealkylation sites (N-methyl/N-ethyl adjacent to an activating group) is 1. The van der Waals surface area contributed by atoms with Crippen molar-refractivity contribution in [3.05, 3.63) is 28.3 Å². The van der Waals surface area contributed by atoms with Crippen molar-refractivity contribution in [1.29, 1.82) is 0 Å². The number of alkyl halides is 3. The molecule has 0 spiro atoms. The molecule has 90 valence electrons. The van der Waals surface area contributed by atoms with Crippen molar-refractivity contribution in [2.45, 2.75) is 12.6 Å². The van der Waals surface area contributed by atoms with Crippen molar-refractivity contribution in [3.63, 3.8) is 0 Å². The van der Waals surface area contributed by atoms with E-state index in [0.29, 0.717) is 6.54 Å². The van der Waals surface area contributed by atoms with Crippen LogP contribution < -0.4 is 5.32 Å². The van der Waals surface area contributed by atoms with Gasteiger partial charge in [0, 0.05) is 5.02 Å². The average Bonchev–Trinajstić information content (AvgIpc) is 2.17. The van der Waals surface area contributed by atoms with Crippen LogP contribution in [0.4, 0.5) is 13.2 Å². The predicted molar refractivity (Wildman–Crippen MR) is 55.7 cm³/mol. The standard InChI is InChI=1S/C10H11ClF3NO/c1-15-3-2-6-4-7(11)5-8(9(6)16)10(12,13)14/h4-5,15-16H,2-3H2,1H3. The summed E-state index contributed by atoms with van der Waals surface area (Å²) >= 11 is 5.58. The molecule has 1 aromatic carbocycles. The van der Waals surface area contributed by atoms with E-state index in [9.17, 15) is 18.3 Å². The van der Waals surface area contributed by atoms with E-state index in [1.54, 1.807) is 7.05 Å². The average molecular weight is 254 g/mol. The number of aromatic hydroxyl groups is 1. The van der Waals surface area contributed by atoms with Crippen LogP contribution in [0, 0.1) is 0 Å². The van der Waals surface area contributed by atoms with Crippen LogP contribution in [-0.4, -0.2) is 18.7 Å². The summed E-state index contributed by atoms with van der Waals surface area (Å²) in [5.41, 5.74) is -0.903. The first-order valence-electron chi connectivity index (χ1n) is 4.59. The molecule has 1 aromatic rings. The van der Waals surface area contributed by atoms with E-state index in [4.69, 9.17) is 11.6 Å². The first-order valence-corrected chi connectivity index (χ1v) is 4.97. The molecule has 0 heterocycles. The van der Waals surface area contributed by atoms with Crippen molar-refractivity contribution in [2.75, 3.05) is 13.6 Å². The molecule has 0 atom stereocenters. The first kappa shape index (κ1) is 13.1. The van der Waals surface area contributed by atoms with Gasteiger partial charge in [0.2, 0.25) is 0 Å². The molecule has 16 heavy (non-hydrogen) atoms. The highest BCUT2D eigenvalue weighted by Crippen LogP contribution is 2.39.